The van der Waals surface area contributed by atoms with Crippen LogP contribution in [-0.2, 0) is 6.42 Å². The van der Waals surface area contributed by atoms with Gasteiger partial charge in [0.2, 0.25) is 0 Å². The van der Waals surface area contributed by atoms with Crippen LogP contribution in [0.5, 0.6) is 0 Å². The Morgan fingerprint density at radius 2 is 1.88 bits per heavy atom. The van der Waals surface area contributed by atoms with E-state index in [0.29, 0.717) is 5.41 Å². The summed E-state index contributed by atoms with van der Waals surface area (Å²) in [5, 5.41) is 0. The van der Waals surface area contributed by atoms with E-state index in [0.717, 1.165) is 5.92 Å². The first-order valence-electron chi connectivity index (χ1n) is 6.30. The second-order valence-electron chi connectivity index (χ2n) is 5.80. The molecular formula is C16H22. The predicted octanol–water partition coefficient (Wildman–Crippen LogP) is 4.61. The van der Waals surface area contributed by atoms with Crippen molar-refractivity contribution in [2.45, 2.75) is 40.0 Å². The van der Waals surface area contributed by atoms with E-state index in [1.54, 1.807) is 5.57 Å². The van der Waals surface area contributed by atoms with Crippen LogP contribution in [0.3, 0.4) is 0 Å². The Morgan fingerprint density at radius 1 is 1.19 bits per heavy atom. The zero-order chi connectivity index (χ0) is 11.6. The molecule has 0 aliphatic heterocycles. The number of hydrogen-bond acceptors (Lipinski definition) is 0. The lowest BCUT2D eigenvalue weighted by molar-refractivity contribution is 0.345. The molecule has 0 fully saturated rings. The third-order valence-corrected chi connectivity index (χ3v) is 3.72. The summed E-state index contributed by atoms with van der Waals surface area (Å²) in [7, 11) is 0. The number of benzene rings is 1. The number of hydrogen-bond donors (Lipinski definition) is 0. The van der Waals surface area contributed by atoms with Crippen molar-refractivity contribution in [1.29, 1.82) is 0 Å². The molecule has 0 heteroatoms. The van der Waals surface area contributed by atoms with Gasteiger partial charge in [0.25, 0.3) is 0 Å². The molecule has 1 aliphatic carbocycles. The fourth-order valence-electron chi connectivity index (χ4n) is 2.74. The van der Waals surface area contributed by atoms with E-state index in [1.165, 1.54) is 24.8 Å². The van der Waals surface area contributed by atoms with Gasteiger partial charge in [-0.05, 0) is 43.1 Å². The van der Waals surface area contributed by atoms with Gasteiger partial charge in [0.1, 0.15) is 0 Å². The normalized spacial score (nSPS) is 23.9. The smallest absolute Gasteiger partial charge is 0.0165 e. The molecule has 0 nitrogen and oxygen atoms in total. The van der Waals surface area contributed by atoms with Crippen LogP contribution in [0.4, 0.5) is 0 Å². The highest BCUT2D eigenvalue weighted by Crippen LogP contribution is 2.37. The number of allylic oxidation sites excluding steroid dienone is 2. The molecule has 1 atom stereocenters. The highest BCUT2D eigenvalue weighted by atomic mass is 14.3. The van der Waals surface area contributed by atoms with E-state index in [4.69, 9.17) is 0 Å². The van der Waals surface area contributed by atoms with Gasteiger partial charge in [-0.15, -0.1) is 0 Å². The first-order chi connectivity index (χ1) is 7.57. The molecule has 0 bridgehead atoms. The highest BCUT2D eigenvalue weighted by molar-refractivity contribution is 5.20. The predicted molar refractivity (Wildman–Crippen MR) is 70.4 cm³/mol. The molecule has 1 aromatic rings. The Balaban J connectivity index is 2.08. The summed E-state index contributed by atoms with van der Waals surface area (Å²) in [6.07, 6.45) is 6.34. The first-order valence-corrected chi connectivity index (χ1v) is 6.30. The maximum absolute atomic E-state index is 2.48. The van der Waals surface area contributed by atoms with Crippen molar-refractivity contribution in [3.05, 3.63) is 47.5 Å². The van der Waals surface area contributed by atoms with Crippen LogP contribution in [0, 0.1) is 11.3 Å². The topological polar surface area (TPSA) is 0 Å². The molecule has 86 valence electrons. The minimum atomic E-state index is 0.414. The molecule has 2 rings (SSSR count). The zero-order valence-corrected chi connectivity index (χ0v) is 10.7. The van der Waals surface area contributed by atoms with Crippen molar-refractivity contribution in [2.24, 2.45) is 11.3 Å². The van der Waals surface area contributed by atoms with Crippen LogP contribution in [0.2, 0.25) is 0 Å². The fraction of sp³-hybridized carbons (Fsp3) is 0.500. The van der Waals surface area contributed by atoms with Crippen LogP contribution in [-0.4, -0.2) is 0 Å². The summed E-state index contributed by atoms with van der Waals surface area (Å²) >= 11 is 0. The summed E-state index contributed by atoms with van der Waals surface area (Å²) < 4.78 is 0. The monoisotopic (exact) mass is 214 g/mol. The van der Waals surface area contributed by atoms with E-state index >= 15 is 0 Å². The largest absolute Gasteiger partial charge is 0.0796 e. The minimum absolute atomic E-state index is 0.414. The van der Waals surface area contributed by atoms with Gasteiger partial charge in [-0.1, -0.05) is 55.8 Å². The lowest BCUT2D eigenvalue weighted by Crippen LogP contribution is -2.20. The van der Waals surface area contributed by atoms with Crippen LogP contribution < -0.4 is 0 Å². The quantitative estimate of drug-likeness (QED) is 0.631. The van der Waals surface area contributed by atoms with Gasteiger partial charge < -0.3 is 0 Å². The van der Waals surface area contributed by atoms with E-state index in [-0.39, 0.29) is 0 Å². The van der Waals surface area contributed by atoms with Crippen molar-refractivity contribution in [3.8, 4) is 0 Å². The third-order valence-electron chi connectivity index (χ3n) is 3.72. The molecule has 0 spiro atoms. The lowest BCUT2D eigenvalue weighted by Gasteiger charge is -2.32. The van der Waals surface area contributed by atoms with Crippen molar-refractivity contribution < 1.29 is 0 Å². The molecular weight excluding hydrogens is 192 g/mol. The molecule has 1 aliphatic rings. The van der Waals surface area contributed by atoms with Crippen LogP contribution >= 0.6 is 0 Å². The average Bonchev–Trinajstić information content (AvgIpc) is 2.23. The van der Waals surface area contributed by atoms with Gasteiger partial charge in [0, 0.05) is 0 Å². The summed E-state index contributed by atoms with van der Waals surface area (Å²) in [5.41, 5.74) is 3.47. The molecule has 0 radical (unpaired) electrons. The van der Waals surface area contributed by atoms with E-state index in [9.17, 15) is 0 Å². The highest BCUT2D eigenvalue weighted by Gasteiger charge is 2.25. The fourth-order valence-corrected chi connectivity index (χ4v) is 2.74. The molecule has 0 heterocycles. The van der Waals surface area contributed by atoms with Gasteiger partial charge in [0.05, 0.1) is 0 Å². The van der Waals surface area contributed by atoms with Crippen molar-refractivity contribution in [2.75, 3.05) is 0 Å². The van der Waals surface area contributed by atoms with Gasteiger partial charge in [-0.2, -0.15) is 0 Å². The third kappa shape index (κ3) is 2.75. The lowest BCUT2D eigenvalue weighted by atomic mass is 9.73. The number of rotatable bonds is 2. The molecule has 0 aromatic heterocycles. The average molecular weight is 214 g/mol. The van der Waals surface area contributed by atoms with Crippen molar-refractivity contribution in [3.63, 3.8) is 0 Å². The Morgan fingerprint density at radius 3 is 2.50 bits per heavy atom. The van der Waals surface area contributed by atoms with Gasteiger partial charge in [0.15, 0.2) is 0 Å². The van der Waals surface area contributed by atoms with Gasteiger partial charge in [-0.3, -0.25) is 0 Å². The summed E-state index contributed by atoms with van der Waals surface area (Å²) in [6.45, 7) is 6.99. The van der Waals surface area contributed by atoms with Crippen molar-refractivity contribution >= 4 is 0 Å². The Hall–Kier alpha value is -1.04. The first kappa shape index (κ1) is 11.4. The maximum atomic E-state index is 2.48. The van der Waals surface area contributed by atoms with E-state index < -0.39 is 0 Å². The second kappa shape index (κ2) is 4.45. The molecule has 0 N–H and O–H groups in total. The minimum Gasteiger partial charge on any atom is -0.0796 e. The van der Waals surface area contributed by atoms with Crippen LogP contribution in [0.1, 0.15) is 39.2 Å². The summed E-state index contributed by atoms with van der Waals surface area (Å²) in [4.78, 5) is 0. The Labute approximate surface area is 99.4 Å². The van der Waals surface area contributed by atoms with E-state index in [2.05, 4.69) is 57.2 Å². The molecule has 1 aromatic carbocycles. The standard InChI is InChI=1S/C16H22/c1-13-12-16(2,3)10-9-15(13)11-14-7-5-4-6-8-14/h4-8,12,15H,9-11H2,1-3H3. The SMILES string of the molecule is CC1=CC(C)(C)CCC1Cc1ccccc1. The summed E-state index contributed by atoms with van der Waals surface area (Å²) in [5.74, 6) is 0.760. The van der Waals surface area contributed by atoms with Crippen LogP contribution in [0.25, 0.3) is 0 Å². The summed E-state index contributed by atoms with van der Waals surface area (Å²) in [6, 6.07) is 10.9. The maximum Gasteiger partial charge on any atom is -0.0165 e. The Kier molecular flexibility index (Phi) is 3.18. The molecule has 1 unspecified atom stereocenters. The van der Waals surface area contributed by atoms with Crippen LogP contribution in [0.15, 0.2) is 42.0 Å². The molecule has 0 amide bonds. The molecule has 16 heavy (non-hydrogen) atoms. The van der Waals surface area contributed by atoms with Gasteiger partial charge >= 0.3 is 0 Å². The Bertz CT molecular complexity index is 370. The zero-order valence-electron chi connectivity index (χ0n) is 10.7. The second-order valence-corrected chi connectivity index (χ2v) is 5.80. The van der Waals surface area contributed by atoms with Crippen molar-refractivity contribution in [1.82, 2.24) is 0 Å². The molecule has 0 saturated carbocycles. The molecule has 0 saturated heterocycles. The van der Waals surface area contributed by atoms with Gasteiger partial charge in [-0.25, -0.2) is 0 Å². The van der Waals surface area contributed by atoms with E-state index in [1.807, 2.05) is 0 Å².